The Hall–Kier alpha value is -4.53. The first-order valence-electron chi connectivity index (χ1n) is 17.7. The number of amides is 3. The van der Waals surface area contributed by atoms with Crippen LogP contribution < -0.4 is 10.6 Å². The Kier molecular flexibility index (Phi) is 13.4. The number of halogens is 1. The van der Waals surface area contributed by atoms with Gasteiger partial charge in [-0.15, -0.1) is 11.3 Å². The molecule has 18 heteroatoms. The lowest BCUT2D eigenvalue weighted by Gasteiger charge is -2.49. The molecule has 2 aliphatic rings. The van der Waals surface area contributed by atoms with Crippen LogP contribution in [0.2, 0.25) is 0 Å². The molecule has 3 atom stereocenters. The minimum absolute atomic E-state index is 0.0324. The summed E-state index contributed by atoms with van der Waals surface area (Å²) in [6.07, 6.45) is -1.60. The maximum atomic E-state index is 14.1. The van der Waals surface area contributed by atoms with Gasteiger partial charge in [0.2, 0.25) is 11.0 Å². The molecule has 2 N–H and O–H groups in total. The molecule has 1 fully saturated rings. The Labute approximate surface area is 351 Å². The van der Waals surface area contributed by atoms with E-state index in [0.717, 1.165) is 16.2 Å². The Bertz CT molecular complexity index is 2020. The molecule has 0 aliphatic carbocycles. The van der Waals surface area contributed by atoms with Gasteiger partial charge in [0.25, 0.3) is 11.8 Å². The first-order chi connectivity index (χ1) is 26.7. The van der Waals surface area contributed by atoms with Gasteiger partial charge in [-0.25, -0.2) is 19.4 Å². The van der Waals surface area contributed by atoms with Crippen LogP contribution in [-0.2, 0) is 49.4 Å². The fraction of sp³-hybridized carbons (Fsp3) is 0.410. The Morgan fingerprint density at radius 3 is 2.09 bits per heavy atom. The molecule has 0 saturated carbocycles. The summed E-state index contributed by atoms with van der Waals surface area (Å²) >= 11 is 1.25. The average molecular weight is 934 g/mol. The van der Waals surface area contributed by atoms with Crippen molar-refractivity contribution in [3.05, 3.63) is 94.1 Å². The molecule has 0 radical (unpaired) electrons. The highest BCUT2D eigenvalue weighted by molar-refractivity contribution is 14.1. The summed E-state index contributed by atoms with van der Waals surface area (Å²) in [6.45, 7) is 12.9. The van der Waals surface area contributed by atoms with E-state index in [1.807, 2.05) is 83.3 Å². The molecular formula is C39H44IN5O10S2. The lowest BCUT2D eigenvalue weighted by Crippen LogP contribution is -2.75. The number of alkyl halides is 1. The molecule has 0 spiro atoms. The Morgan fingerprint density at radius 1 is 0.965 bits per heavy atom. The van der Waals surface area contributed by atoms with Crippen LogP contribution in [0.3, 0.4) is 0 Å². The highest BCUT2D eigenvalue weighted by Crippen LogP contribution is 2.39. The molecule has 3 aromatic rings. The average Bonchev–Trinajstić information content (AvgIpc) is 3.58. The second-order valence-electron chi connectivity index (χ2n) is 15.5. The molecule has 0 bridgehead atoms. The molecule has 3 heterocycles. The Morgan fingerprint density at radius 2 is 1.54 bits per heavy atom. The summed E-state index contributed by atoms with van der Waals surface area (Å²) < 4.78 is 30.8. The highest BCUT2D eigenvalue weighted by Gasteiger charge is 2.61. The standard InChI is InChI=1S/C39H44IN5O10S2/c1-37(2,3)53-34(49)39(7,8)55-44-26(25-20-56-35(41-25)43-36(50)54-38(4,5)6)30(46)42-27-31(47)45-28(24(19-40)21-57(51)32(27)45)33(48)52-29(22-15-11-9-12-16-22)23-17-13-10-14-18-23/h9-18,20,27,29,32H,19,21H2,1-8H3,(H,42,46)(H,41,43,50)/b44-26-/t27-,32-,57?/m1/s1. The SMILES string of the molecule is CC(C)(C)OC(=O)Nc1nc(/C(=N/OC(C)(C)C(=O)OC(C)(C)C)C(=O)N[C@@H]2C(=O)N3C(C(=O)OC(c4ccccc4)c4ccccc4)=C(CI)C[S+]([O-])[C@H]23)cs1. The molecule has 304 valence electrons. The molecule has 57 heavy (non-hydrogen) atoms. The first-order valence-corrected chi connectivity index (χ1v) is 21.5. The predicted octanol–water partition coefficient (Wildman–Crippen LogP) is 5.77. The van der Waals surface area contributed by atoms with E-state index in [2.05, 4.69) is 20.8 Å². The van der Waals surface area contributed by atoms with E-state index in [-0.39, 0.29) is 26.7 Å². The van der Waals surface area contributed by atoms with Crippen molar-refractivity contribution >= 4 is 85.8 Å². The number of nitrogens with one attached hydrogen (secondary N) is 2. The summed E-state index contributed by atoms with van der Waals surface area (Å²) in [4.78, 5) is 78.5. The van der Waals surface area contributed by atoms with Gasteiger partial charge in [-0.05, 0) is 77.7 Å². The van der Waals surface area contributed by atoms with Gasteiger partial charge in [-0.1, -0.05) is 88.4 Å². The number of nitrogens with zero attached hydrogens (tertiary/aromatic N) is 3. The van der Waals surface area contributed by atoms with Crippen molar-refractivity contribution in [1.82, 2.24) is 15.2 Å². The molecule has 1 unspecified atom stereocenters. The molecule has 2 aliphatic heterocycles. The number of hydrogen-bond acceptors (Lipinski definition) is 13. The van der Waals surface area contributed by atoms with E-state index < -0.39 is 81.1 Å². The van der Waals surface area contributed by atoms with Gasteiger partial charge in [0, 0.05) is 15.4 Å². The monoisotopic (exact) mass is 933 g/mol. The van der Waals surface area contributed by atoms with E-state index in [1.165, 1.54) is 19.2 Å². The molecule has 15 nitrogen and oxygen atoms in total. The van der Waals surface area contributed by atoms with Crippen molar-refractivity contribution in [2.75, 3.05) is 15.5 Å². The summed E-state index contributed by atoms with van der Waals surface area (Å²) in [5.74, 6) is -3.28. The predicted molar refractivity (Wildman–Crippen MR) is 222 cm³/mol. The van der Waals surface area contributed by atoms with Crippen molar-refractivity contribution in [1.29, 1.82) is 0 Å². The van der Waals surface area contributed by atoms with Crippen LogP contribution in [0.1, 0.15) is 78.3 Å². The number of esters is 2. The second kappa shape index (κ2) is 17.5. The fourth-order valence-corrected chi connectivity index (χ4v) is 8.90. The van der Waals surface area contributed by atoms with Crippen molar-refractivity contribution in [3.63, 3.8) is 0 Å². The zero-order valence-electron chi connectivity index (χ0n) is 32.6. The number of thiazole rings is 1. The quantitative estimate of drug-likeness (QED) is 0.0327. The number of anilines is 1. The third-order valence-electron chi connectivity index (χ3n) is 8.10. The van der Waals surface area contributed by atoms with E-state index >= 15 is 0 Å². The highest BCUT2D eigenvalue weighted by atomic mass is 127. The second-order valence-corrected chi connectivity index (χ2v) is 18.6. The smallest absolute Gasteiger partial charge is 0.413 e. The Balaban J connectivity index is 1.41. The third kappa shape index (κ3) is 10.7. The van der Waals surface area contributed by atoms with Gasteiger partial charge in [0.05, 0.1) is 0 Å². The number of carbonyl (C=O) groups is 5. The van der Waals surface area contributed by atoms with Gasteiger partial charge in [-0.2, -0.15) is 0 Å². The third-order valence-corrected chi connectivity index (χ3v) is 11.4. The van der Waals surface area contributed by atoms with Gasteiger partial charge >= 0.3 is 18.0 Å². The number of rotatable bonds is 12. The van der Waals surface area contributed by atoms with Crippen LogP contribution in [0.25, 0.3) is 0 Å². The molecular weight excluding hydrogens is 889 g/mol. The normalized spacial score (nSPS) is 18.6. The number of carbonyl (C=O) groups excluding carboxylic acids is 5. The molecule has 2 aromatic carbocycles. The lowest BCUT2D eigenvalue weighted by atomic mass is 10.0. The number of hydrogen-bond donors (Lipinski definition) is 2. The van der Waals surface area contributed by atoms with Gasteiger partial charge < -0.3 is 28.9 Å². The number of aromatic nitrogens is 1. The number of benzene rings is 2. The van der Waals surface area contributed by atoms with Crippen molar-refractivity contribution in [2.24, 2.45) is 5.16 Å². The fourth-order valence-electron chi connectivity index (χ4n) is 5.53. The van der Waals surface area contributed by atoms with Crippen molar-refractivity contribution in [3.8, 4) is 0 Å². The minimum Gasteiger partial charge on any atom is -0.614 e. The van der Waals surface area contributed by atoms with Crippen molar-refractivity contribution in [2.45, 2.75) is 89.7 Å². The van der Waals surface area contributed by atoms with Crippen molar-refractivity contribution < 1.29 is 47.6 Å². The van der Waals surface area contributed by atoms with E-state index in [9.17, 15) is 28.5 Å². The lowest BCUT2D eigenvalue weighted by molar-refractivity contribution is -0.179. The minimum atomic E-state index is -1.74. The van der Waals surface area contributed by atoms with Gasteiger partial charge in [0.1, 0.15) is 28.3 Å². The van der Waals surface area contributed by atoms with E-state index in [4.69, 9.17) is 19.0 Å². The molecule has 1 aromatic heterocycles. The summed E-state index contributed by atoms with van der Waals surface area (Å²) in [5.41, 5.74) is -2.05. The summed E-state index contributed by atoms with van der Waals surface area (Å²) in [6, 6.07) is 16.9. The van der Waals surface area contributed by atoms with E-state index in [0.29, 0.717) is 16.7 Å². The largest absolute Gasteiger partial charge is 0.614 e. The number of fused-ring (bicyclic) bond motifs is 1. The van der Waals surface area contributed by atoms with Gasteiger partial charge in [0.15, 0.2) is 23.0 Å². The number of β-lactam (4-membered cyclic amide) rings is 1. The topological polar surface area (TPSA) is 198 Å². The van der Waals surface area contributed by atoms with Crippen LogP contribution in [0.5, 0.6) is 0 Å². The van der Waals surface area contributed by atoms with Crippen LogP contribution in [0.15, 0.2) is 82.5 Å². The van der Waals surface area contributed by atoms with Gasteiger partial charge in [-0.3, -0.25) is 19.8 Å². The van der Waals surface area contributed by atoms with Crippen LogP contribution in [-0.4, -0.2) is 88.4 Å². The summed E-state index contributed by atoms with van der Waals surface area (Å²) in [5, 5.41) is 9.42. The molecule has 5 rings (SSSR count). The maximum absolute atomic E-state index is 14.1. The number of ether oxygens (including phenoxy) is 3. The number of oxime groups is 1. The van der Waals surface area contributed by atoms with Crippen LogP contribution in [0, 0.1) is 0 Å². The van der Waals surface area contributed by atoms with Crippen LogP contribution >= 0.6 is 33.9 Å². The van der Waals surface area contributed by atoms with Crippen LogP contribution in [0.4, 0.5) is 9.93 Å². The zero-order valence-corrected chi connectivity index (χ0v) is 36.4. The molecule has 3 amide bonds. The summed E-state index contributed by atoms with van der Waals surface area (Å²) in [7, 11) is 0. The first kappa shape index (κ1) is 43.6. The maximum Gasteiger partial charge on any atom is 0.413 e. The molecule has 1 saturated heterocycles. The zero-order chi connectivity index (χ0) is 41.9. The van der Waals surface area contributed by atoms with E-state index in [1.54, 1.807) is 41.5 Å².